The van der Waals surface area contributed by atoms with E-state index in [1.54, 1.807) is 0 Å². The molecular formula is C50H55BrN2O. The van der Waals surface area contributed by atoms with Crippen LogP contribution in [0.5, 0.6) is 5.75 Å². The Balaban J connectivity index is 1.56. The molecule has 0 spiro atoms. The van der Waals surface area contributed by atoms with E-state index in [0.29, 0.717) is 5.92 Å². The molecule has 4 heteroatoms. The molecule has 0 radical (unpaired) electrons. The Hall–Kier alpha value is -4.67. The normalized spacial score (nSPS) is 13.1. The third-order valence-electron chi connectivity index (χ3n) is 10.8. The van der Waals surface area contributed by atoms with Crippen LogP contribution in [0.4, 0.5) is 5.69 Å². The number of para-hydroxylation sites is 1. The summed E-state index contributed by atoms with van der Waals surface area (Å²) in [5, 5.41) is 0. The van der Waals surface area contributed by atoms with E-state index in [2.05, 4.69) is 201 Å². The Bertz CT molecular complexity index is 2030. The summed E-state index contributed by atoms with van der Waals surface area (Å²) in [5.74, 6) is 1.28. The van der Waals surface area contributed by atoms with Crippen LogP contribution in [0.2, 0.25) is 0 Å². The molecule has 1 heterocycles. The highest BCUT2D eigenvalue weighted by Crippen LogP contribution is 2.43. The SMILES string of the molecule is CCCc1cccc(C(C)CC)c1N=C(CCn1cccc1)C(CCC(C)(C)c1ccccc1)Oc1c(-c2ccccc2)cc(Br)cc1-c1ccccc1. The Morgan fingerprint density at radius 1 is 0.759 bits per heavy atom. The van der Waals surface area contributed by atoms with Gasteiger partial charge < -0.3 is 9.30 Å². The number of nitrogens with zero attached hydrogens (tertiary/aromatic N) is 2. The van der Waals surface area contributed by atoms with E-state index in [9.17, 15) is 0 Å². The molecule has 54 heavy (non-hydrogen) atoms. The summed E-state index contributed by atoms with van der Waals surface area (Å²) in [7, 11) is 0. The first-order chi connectivity index (χ1) is 26.3. The van der Waals surface area contributed by atoms with Gasteiger partial charge in [0.05, 0.1) is 11.4 Å². The number of halogens is 1. The Labute approximate surface area is 332 Å². The molecule has 1 aromatic heterocycles. The lowest BCUT2D eigenvalue weighted by Gasteiger charge is -2.30. The summed E-state index contributed by atoms with van der Waals surface area (Å²) in [5.41, 5.74) is 10.5. The molecule has 0 N–H and O–H groups in total. The summed E-state index contributed by atoms with van der Waals surface area (Å²) in [6, 6.07) is 47.6. The van der Waals surface area contributed by atoms with Crippen molar-refractivity contribution in [3.8, 4) is 28.0 Å². The van der Waals surface area contributed by atoms with Gasteiger partial charge in [-0.2, -0.15) is 0 Å². The fourth-order valence-electron chi connectivity index (χ4n) is 7.38. The monoisotopic (exact) mass is 778 g/mol. The largest absolute Gasteiger partial charge is 0.483 e. The Morgan fingerprint density at radius 3 is 1.93 bits per heavy atom. The van der Waals surface area contributed by atoms with Gasteiger partial charge >= 0.3 is 0 Å². The first-order valence-electron chi connectivity index (χ1n) is 19.7. The minimum absolute atomic E-state index is 0.0688. The maximum atomic E-state index is 7.64. The standard InChI is InChI=1S/C50H55BrN2O/c1-6-20-40-25-19-28-43(37(3)7-2)48(40)52-46(30-34-53-32-17-18-33-53)47(29-31-50(4,5)41-26-15-10-16-27-41)54-49-44(38-21-11-8-12-22-38)35-42(51)36-45(49)39-23-13-9-14-24-39/h8-19,21-28,32-33,35-37,47H,6-7,20,29-31,34H2,1-5H3. The van der Waals surface area contributed by atoms with Crippen LogP contribution in [-0.2, 0) is 18.4 Å². The van der Waals surface area contributed by atoms with Crippen LogP contribution in [0.25, 0.3) is 22.3 Å². The van der Waals surface area contributed by atoms with Crippen molar-refractivity contribution < 1.29 is 4.74 Å². The van der Waals surface area contributed by atoms with Gasteiger partial charge in [-0.15, -0.1) is 0 Å². The van der Waals surface area contributed by atoms with E-state index < -0.39 is 0 Å². The molecule has 6 rings (SSSR count). The highest BCUT2D eigenvalue weighted by atomic mass is 79.9. The first-order valence-corrected chi connectivity index (χ1v) is 20.5. The van der Waals surface area contributed by atoms with Crippen LogP contribution in [0.3, 0.4) is 0 Å². The van der Waals surface area contributed by atoms with Gasteiger partial charge in [-0.1, -0.05) is 166 Å². The number of aryl methyl sites for hydroxylation is 2. The van der Waals surface area contributed by atoms with Gasteiger partial charge in [-0.3, -0.25) is 4.99 Å². The average molecular weight is 780 g/mol. The third-order valence-corrected chi connectivity index (χ3v) is 11.3. The Kier molecular flexibility index (Phi) is 13.4. The number of ether oxygens (including phenoxy) is 1. The van der Waals surface area contributed by atoms with Crippen molar-refractivity contribution >= 4 is 27.3 Å². The van der Waals surface area contributed by atoms with Crippen molar-refractivity contribution in [2.24, 2.45) is 4.99 Å². The van der Waals surface area contributed by atoms with Crippen molar-refractivity contribution in [3.05, 3.63) is 167 Å². The van der Waals surface area contributed by atoms with Crippen LogP contribution in [-0.4, -0.2) is 16.4 Å². The van der Waals surface area contributed by atoms with Gasteiger partial charge in [-0.25, -0.2) is 0 Å². The molecule has 0 saturated carbocycles. The molecule has 0 fully saturated rings. The topological polar surface area (TPSA) is 26.5 Å². The summed E-state index contributed by atoms with van der Waals surface area (Å²) in [4.78, 5) is 5.81. The number of aromatic nitrogens is 1. The number of benzene rings is 5. The molecule has 0 aliphatic heterocycles. The second-order valence-electron chi connectivity index (χ2n) is 15.1. The van der Waals surface area contributed by atoms with Crippen LogP contribution in [0.1, 0.15) is 89.3 Å². The van der Waals surface area contributed by atoms with Crippen LogP contribution >= 0.6 is 15.9 Å². The number of rotatable bonds is 17. The second-order valence-corrected chi connectivity index (χ2v) is 16.1. The molecule has 0 bridgehead atoms. The summed E-state index contributed by atoms with van der Waals surface area (Å²) < 4.78 is 10.9. The highest BCUT2D eigenvalue weighted by Gasteiger charge is 2.29. The van der Waals surface area contributed by atoms with Gasteiger partial charge in [0.25, 0.3) is 0 Å². The minimum Gasteiger partial charge on any atom is -0.483 e. The molecule has 0 aliphatic carbocycles. The van der Waals surface area contributed by atoms with Crippen LogP contribution in [0, 0.1) is 0 Å². The summed E-state index contributed by atoms with van der Waals surface area (Å²) in [6.07, 6.45) is 9.63. The van der Waals surface area contributed by atoms with E-state index in [-0.39, 0.29) is 11.5 Å². The Morgan fingerprint density at radius 2 is 1.35 bits per heavy atom. The van der Waals surface area contributed by atoms with Gasteiger partial charge in [0.2, 0.25) is 0 Å². The predicted octanol–water partition coefficient (Wildman–Crippen LogP) is 14.4. The zero-order chi connectivity index (χ0) is 37.9. The van der Waals surface area contributed by atoms with Gasteiger partial charge in [-0.05, 0) is 89.1 Å². The van der Waals surface area contributed by atoms with E-state index in [1.807, 2.05) is 0 Å². The van der Waals surface area contributed by atoms with E-state index in [4.69, 9.17) is 9.73 Å². The molecule has 0 aliphatic rings. The maximum Gasteiger partial charge on any atom is 0.137 e. The average Bonchev–Trinajstić information content (AvgIpc) is 3.73. The third kappa shape index (κ3) is 9.70. The molecule has 2 atom stereocenters. The van der Waals surface area contributed by atoms with Gasteiger partial charge in [0.15, 0.2) is 0 Å². The van der Waals surface area contributed by atoms with Gasteiger partial charge in [0.1, 0.15) is 11.9 Å². The lowest BCUT2D eigenvalue weighted by atomic mass is 9.79. The fourth-order valence-corrected chi connectivity index (χ4v) is 7.84. The number of aliphatic imine (C=N–C) groups is 1. The van der Waals surface area contributed by atoms with Crippen molar-refractivity contribution in [2.45, 2.75) is 97.1 Å². The van der Waals surface area contributed by atoms with Crippen molar-refractivity contribution in [1.29, 1.82) is 0 Å². The molecular weight excluding hydrogens is 724 g/mol. The van der Waals surface area contributed by atoms with Crippen molar-refractivity contribution in [1.82, 2.24) is 4.57 Å². The lowest BCUT2D eigenvalue weighted by Crippen LogP contribution is -2.31. The number of hydrogen-bond acceptors (Lipinski definition) is 2. The molecule has 2 unspecified atom stereocenters. The molecule has 278 valence electrons. The predicted molar refractivity (Wildman–Crippen MR) is 233 cm³/mol. The zero-order valence-electron chi connectivity index (χ0n) is 32.6. The molecule has 0 saturated heterocycles. The van der Waals surface area contributed by atoms with Gasteiger partial charge in [0, 0.05) is 41.0 Å². The minimum atomic E-state index is -0.283. The molecule has 0 amide bonds. The summed E-state index contributed by atoms with van der Waals surface area (Å²) >= 11 is 3.88. The van der Waals surface area contributed by atoms with E-state index >= 15 is 0 Å². The lowest BCUT2D eigenvalue weighted by molar-refractivity contribution is 0.238. The number of hydrogen-bond donors (Lipinski definition) is 0. The first kappa shape index (κ1) is 39.0. The van der Waals surface area contributed by atoms with Crippen molar-refractivity contribution in [2.75, 3.05) is 0 Å². The van der Waals surface area contributed by atoms with E-state index in [1.165, 1.54) is 16.7 Å². The quantitative estimate of drug-likeness (QED) is 0.0847. The van der Waals surface area contributed by atoms with Crippen LogP contribution < -0.4 is 4.74 Å². The molecule has 6 aromatic rings. The maximum absolute atomic E-state index is 7.64. The van der Waals surface area contributed by atoms with Crippen LogP contribution in [0.15, 0.2) is 155 Å². The second kappa shape index (κ2) is 18.6. The molecule has 5 aromatic carbocycles. The highest BCUT2D eigenvalue weighted by molar-refractivity contribution is 9.10. The zero-order valence-corrected chi connectivity index (χ0v) is 34.2. The smallest absolute Gasteiger partial charge is 0.137 e. The summed E-state index contributed by atoms with van der Waals surface area (Å²) in [6.45, 7) is 12.4. The van der Waals surface area contributed by atoms with Crippen molar-refractivity contribution in [3.63, 3.8) is 0 Å². The van der Waals surface area contributed by atoms with E-state index in [0.717, 1.165) is 88.9 Å². The molecule has 3 nitrogen and oxygen atoms in total. The fraction of sp³-hybridized carbons (Fsp3) is 0.300.